The van der Waals surface area contributed by atoms with Crippen LogP contribution < -0.4 is 5.32 Å². The van der Waals surface area contributed by atoms with Crippen LogP contribution in [-0.4, -0.2) is 60.6 Å². The van der Waals surface area contributed by atoms with Crippen LogP contribution >= 0.6 is 0 Å². The van der Waals surface area contributed by atoms with E-state index >= 15 is 0 Å². The third kappa shape index (κ3) is 3.03. The molecular formula is C14H24N4. The van der Waals surface area contributed by atoms with Gasteiger partial charge in [0.2, 0.25) is 0 Å². The summed E-state index contributed by atoms with van der Waals surface area (Å²) in [5, 5.41) is 12.7. The van der Waals surface area contributed by atoms with Crippen molar-refractivity contribution in [2.75, 3.05) is 32.7 Å². The molecule has 0 bridgehead atoms. The van der Waals surface area contributed by atoms with Gasteiger partial charge in [-0.3, -0.25) is 15.1 Å². The highest BCUT2D eigenvalue weighted by Gasteiger charge is 2.30. The molecule has 0 amide bonds. The molecule has 18 heavy (non-hydrogen) atoms. The second kappa shape index (κ2) is 5.56. The van der Waals surface area contributed by atoms with Crippen molar-refractivity contribution in [1.82, 2.24) is 15.1 Å². The lowest BCUT2D eigenvalue weighted by molar-refractivity contribution is 0.213. The van der Waals surface area contributed by atoms with Crippen LogP contribution in [0.1, 0.15) is 32.1 Å². The fourth-order valence-corrected chi connectivity index (χ4v) is 3.37. The molecule has 2 heterocycles. The molecule has 0 aromatic heterocycles. The average Bonchev–Trinajstić information content (AvgIpc) is 3.12. The Kier molecular flexibility index (Phi) is 3.83. The number of hydrogen-bond donors (Lipinski definition) is 1. The van der Waals surface area contributed by atoms with E-state index in [2.05, 4.69) is 21.2 Å². The van der Waals surface area contributed by atoms with Crippen LogP contribution in [0.4, 0.5) is 0 Å². The second-order valence-corrected chi connectivity index (χ2v) is 6.07. The van der Waals surface area contributed by atoms with E-state index in [9.17, 15) is 5.26 Å². The lowest BCUT2D eigenvalue weighted by Crippen LogP contribution is -2.44. The topological polar surface area (TPSA) is 42.3 Å². The standard InChI is InChI=1S/C14H24N4/c15-9-13(16-12-4-5-12)10-17-6-2-8-18-7-1-3-14(18)11-17/h12-14,16H,1-8,10-11H2. The van der Waals surface area contributed by atoms with E-state index in [1.807, 2.05) is 0 Å². The summed E-state index contributed by atoms with van der Waals surface area (Å²) in [4.78, 5) is 5.16. The van der Waals surface area contributed by atoms with Gasteiger partial charge >= 0.3 is 0 Å². The monoisotopic (exact) mass is 248 g/mol. The third-order valence-electron chi connectivity index (χ3n) is 4.50. The number of nitrogens with zero attached hydrogens (tertiary/aromatic N) is 3. The maximum Gasteiger partial charge on any atom is 0.108 e. The van der Waals surface area contributed by atoms with Crippen molar-refractivity contribution in [3.63, 3.8) is 0 Å². The molecule has 0 spiro atoms. The van der Waals surface area contributed by atoms with E-state index in [4.69, 9.17) is 0 Å². The van der Waals surface area contributed by atoms with Crippen LogP contribution in [-0.2, 0) is 0 Å². The second-order valence-electron chi connectivity index (χ2n) is 6.07. The molecular weight excluding hydrogens is 224 g/mol. The fraction of sp³-hybridized carbons (Fsp3) is 0.929. The van der Waals surface area contributed by atoms with Gasteiger partial charge in [-0.1, -0.05) is 0 Å². The van der Waals surface area contributed by atoms with Gasteiger partial charge in [0.05, 0.1) is 6.07 Å². The van der Waals surface area contributed by atoms with Crippen molar-refractivity contribution < 1.29 is 0 Å². The van der Waals surface area contributed by atoms with Crippen LogP contribution in [0.3, 0.4) is 0 Å². The highest BCUT2D eigenvalue weighted by Crippen LogP contribution is 2.22. The van der Waals surface area contributed by atoms with Crippen molar-refractivity contribution in [3.8, 4) is 6.07 Å². The van der Waals surface area contributed by atoms with E-state index in [0.29, 0.717) is 6.04 Å². The minimum absolute atomic E-state index is 0.0328. The molecule has 100 valence electrons. The largest absolute Gasteiger partial charge is 0.299 e. The van der Waals surface area contributed by atoms with Gasteiger partial charge in [0.1, 0.15) is 6.04 Å². The Bertz CT molecular complexity index is 320. The van der Waals surface area contributed by atoms with Crippen LogP contribution in [0.15, 0.2) is 0 Å². The maximum atomic E-state index is 9.24. The van der Waals surface area contributed by atoms with Gasteiger partial charge in [-0.2, -0.15) is 5.26 Å². The SMILES string of the molecule is N#CC(CN1CCCN2CCCC2C1)NC1CC1. The Morgan fingerprint density at radius 2 is 2.00 bits per heavy atom. The normalized spacial score (nSPS) is 31.6. The van der Waals surface area contributed by atoms with Crippen molar-refractivity contribution in [2.45, 2.75) is 50.2 Å². The average molecular weight is 248 g/mol. The molecule has 0 aromatic carbocycles. The molecule has 3 aliphatic rings. The molecule has 0 aromatic rings. The Balaban J connectivity index is 1.52. The van der Waals surface area contributed by atoms with E-state index in [1.54, 1.807) is 0 Å². The van der Waals surface area contributed by atoms with Gasteiger partial charge < -0.3 is 0 Å². The van der Waals surface area contributed by atoms with Crippen LogP contribution in [0, 0.1) is 11.3 Å². The van der Waals surface area contributed by atoms with Gasteiger partial charge in [0.25, 0.3) is 0 Å². The van der Waals surface area contributed by atoms with Crippen LogP contribution in [0.5, 0.6) is 0 Å². The first-order chi connectivity index (χ1) is 8.85. The lowest BCUT2D eigenvalue weighted by atomic mass is 10.2. The lowest BCUT2D eigenvalue weighted by Gasteiger charge is -2.27. The van der Waals surface area contributed by atoms with Gasteiger partial charge in [0.15, 0.2) is 0 Å². The molecule has 2 saturated heterocycles. The van der Waals surface area contributed by atoms with Crippen molar-refractivity contribution in [1.29, 1.82) is 5.26 Å². The number of hydrogen-bond acceptors (Lipinski definition) is 4. The summed E-state index contributed by atoms with van der Waals surface area (Å²) in [6.07, 6.45) is 6.49. The van der Waals surface area contributed by atoms with Crippen LogP contribution in [0.2, 0.25) is 0 Å². The van der Waals surface area contributed by atoms with Crippen LogP contribution in [0.25, 0.3) is 0 Å². The quantitative estimate of drug-likeness (QED) is 0.799. The summed E-state index contributed by atoms with van der Waals surface area (Å²) in [7, 11) is 0. The Hall–Kier alpha value is -0.630. The van der Waals surface area contributed by atoms with E-state index in [1.165, 1.54) is 51.7 Å². The zero-order valence-corrected chi connectivity index (χ0v) is 11.1. The summed E-state index contributed by atoms with van der Waals surface area (Å²) in [6.45, 7) is 5.80. The third-order valence-corrected chi connectivity index (χ3v) is 4.50. The molecule has 1 saturated carbocycles. The molecule has 1 N–H and O–H groups in total. The predicted molar refractivity (Wildman–Crippen MR) is 71.2 cm³/mol. The van der Waals surface area contributed by atoms with E-state index in [-0.39, 0.29) is 6.04 Å². The number of nitriles is 1. The Labute approximate surface area is 110 Å². The fourth-order valence-electron chi connectivity index (χ4n) is 3.37. The molecule has 2 unspecified atom stereocenters. The molecule has 2 aliphatic heterocycles. The molecule has 4 heteroatoms. The summed E-state index contributed by atoms with van der Waals surface area (Å²) >= 11 is 0. The van der Waals surface area contributed by atoms with Gasteiger partial charge in [-0.25, -0.2) is 0 Å². The first-order valence-electron chi connectivity index (χ1n) is 7.47. The molecule has 3 fully saturated rings. The van der Waals surface area contributed by atoms with Crippen molar-refractivity contribution >= 4 is 0 Å². The Morgan fingerprint density at radius 1 is 1.17 bits per heavy atom. The first-order valence-corrected chi connectivity index (χ1v) is 7.47. The van der Waals surface area contributed by atoms with Gasteiger partial charge in [0, 0.05) is 25.2 Å². The first kappa shape index (κ1) is 12.4. The molecule has 3 rings (SSSR count). The summed E-state index contributed by atoms with van der Waals surface area (Å²) < 4.78 is 0. The Morgan fingerprint density at radius 3 is 2.78 bits per heavy atom. The number of nitrogens with one attached hydrogen (secondary N) is 1. The number of fused-ring (bicyclic) bond motifs is 1. The van der Waals surface area contributed by atoms with E-state index < -0.39 is 0 Å². The minimum atomic E-state index is 0.0328. The minimum Gasteiger partial charge on any atom is -0.299 e. The molecule has 0 radical (unpaired) electrons. The van der Waals surface area contributed by atoms with Crippen molar-refractivity contribution in [3.05, 3.63) is 0 Å². The summed E-state index contributed by atoms with van der Waals surface area (Å²) in [5.41, 5.74) is 0. The highest BCUT2D eigenvalue weighted by atomic mass is 15.3. The summed E-state index contributed by atoms with van der Waals surface area (Å²) in [5.74, 6) is 0. The molecule has 1 aliphatic carbocycles. The van der Waals surface area contributed by atoms with E-state index in [0.717, 1.165) is 19.1 Å². The zero-order valence-electron chi connectivity index (χ0n) is 11.1. The summed E-state index contributed by atoms with van der Waals surface area (Å²) in [6, 6.07) is 3.85. The highest BCUT2D eigenvalue weighted by molar-refractivity contribution is 4.98. The molecule has 2 atom stereocenters. The molecule has 4 nitrogen and oxygen atoms in total. The number of rotatable bonds is 4. The van der Waals surface area contributed by atoms with Crippen molar-refractivity contribution in [2.24, 2.45) is 0 Å². The maximum absolute atomic E-state index is 9.24. The smallest absolute Gasteiger partial charge is 0.108 e. The van der Waals surface area contributed by atoms with Gasteiger partial charge in [-0.05, 0) is 51.7 Å². The zero-order chi connectivity index (χ0) is 12.4. The van der Waals surface area contributed by atoms with Gasteiger partial charge in [-0.15, -0.1) is 0 Å². The predicted octanol–water partition coefficient (Wildman–Crippen LogP) is 0.801.